The molecule has 5 nitrogen and oxygen atoms in total. The molecular weight excluding hydrogens is 286 g/mol. The minimum absolute atomic E-state index is 0.000937. The van der Waals surface area contributed by atoms with E-state index < -0.39 is 0 Å². The number of carbonyl (C=O) groups is 1. The van der Waals surface area contributed by atoms with Gasteiger partial charge in [0.05, 0.1) is 6.54 Å². The third-order valence-electron chi connectivity index (χ3n) is 3.23. The van der Waals surface area contributed by atoms with Crippen molar-refractivity contribution in [3.63, 3.8) is 0 Å². The third-order valence-corrected chi connectivity index (χ3v) is 4.07. The van der Waals surface area contributed by atoms with Crippen molar-refractivity contribution in [1.29, 1.82) is 0 Å². The molecule has 108 valence electrons. The lowest BCUT2D eigenvalue weighted by Crippen LogP contribution is -2.29. The lowest BCUT2D eigenvalue weighted by Gasteiger charge is -2.15. The minimum Gasteiger partial charge on any atom is -0.472 e. The van der Waals surface area contributed by atoms with E-state index in [9.17, 15) is 4.79 Å². The Kier molecular flexibility index (Phi) is 4.25. The Balaban J connectivity index is 1.53. The summed E-state index contributed by atoms with van der Waals surface area (Å²) in [7, 11) is 0. The van der Waals surface area contributed by atoms with Crippen LogP contribution in [0.3, 0.4) is 0 Å². The first kappa shape index (κ1) is 13.8. The van der Waals surface area contributed by atoms with Crippen LogP contribution in [-0.2, 0) is 4.79 Å². The van der Waals surface area contributed by atoms with Crippen LogP contribution in [0.1, 0.15) is 11.3 Å². The quantitative estimate of drug-likeness (QED) is 0.813. The second-order valence-corrected chi connectivity index (χ2v) is 5.69. The molecule has 0 N–H and O–H groups in total. The molecule has 21 heavy (non-hydrogen) atoms. The van der Waals surface area contributed by atoms with E-state index in [1.807, 2.05) is 23.6 Å². The topological polar surface area (TPSA) is 55.3 Å². The Labute approximate surface area is 126 Å². The predicted molar refractivity (Wildman–Crippen MR) is 81.0 cm³/mol. The van der Waals surface area contributed by atoms with Gasteiger partial charge in [0, 0.05) is 36.2 Å². The molecule has 0 radical (unpaired) electrons. The van der Waals surface area contributed by atoms with Crippen molar-refractivity contribution >= 4 is 23.3 Å². The van der Waals surface area contributed by atoms with Crippen LogP contribution in [0.2, 0.25) is 0 Å². The summed E-state index contributed by atoms with van der Waals surface area (Å²) in [4.78, 5) is 22.9. The molecule has 0 saturated carbocycles. The highest BCUT2D eigenvalue weighted by Crippen LogP contribution is 2.17. The monoisotopic (exact) mass is 301 g/mol. The van der Waals surface area contributed by atoms with E-state index in [4.69, 9.17) is 4.74 Å². The van der Waals surface area contributed by atoms with Crippen molar-refractivity contribution in [2.24, 2.45) is 0 Å². The minimum atomic E-state index is -0.000937. The van der Waals surface area contributed by atoms with Crippen LogP contribution < -0.4 is 4.74 Å². The first-order chi connectivity index (χ1) is 10.3. The van der Waals surface area contributed by atoms with E-state index >= 15 is 0 Å². The van der Waals surface area contributed by atoms with E-state index in [2.05, 4.69) is 9.97 Å². The highest BCUT2D eigenvalue weighted by atomic mass is 32.1. The maximum Gasteiger partial charge on any atom is 0.246 e. The van der Waals surface area contributed by atoms with Crippen molar-refractivity contribution in [3.05, 3.63) is 47.1 Å². The Bertz CT molecular complexity index is 613. The first-order valence-corrected chi connectivity index (χ1v) is 7.62. The van der Waals surface area contributed by atoms with Crippen LogP contribution in [-0.4, -0.2) is 40.0 Å². The Hall–Kier alpha value is -2.21. The molecule has 1 saturated heterocycles. The number of aromatic nitrogens is 2. The first-order valence-electron chi connectivity index (χ1n) is 6.74. The number of amides is 1. The average molecular weight is 301 g/mol. The van der Waals surface area contributed by atoms with Gasteiger partial charge in [-0.1, -0.05) is 6.07 Å². The molecule has 1 amide bonds. The number of rotatable bonds is 4. The summed E-state index contributed by atoms with van der Waals surface area (Å²) in [6.45, 7) is 1.31. The number of nitrogens with zero attached hydrogens (tertiary/aromatic N) is 3. The summed E-state index contributed by atoms with van der Waals surface area (Å²) in [5.74, 6) is 0.579. The van der Waals surface area contributed by atoms with E-state index in [-0.39, 0.29) is 12.0 Å². The van der Waals surface area contributed by atoms with Crippen LogP contribution in [0, 0.1) is 0 Å². The number of hydrogen-bond donors (Lipinski definition) is 0. The lowest BCUT2D eigenvalue weighted by atomic mass is 10.3. The summed E-state index contributed by atoms with van der Waals surface area (Å²) in [5, 5.41) is 1.99. The smallest absolute Gasteiger partial charge is 0.246 e. The van der Waals surface area contributed by atoms with Gasteiger partial charge in [0.2, 0.25) is 11.8 Å². The van der Waals surface area contributed by atoms with Crippen molar-refractivity contribution in [2.75, 3.05) is 13.1 Å². The zero-order valence-corrected chi connectivity index (χ0v) is 12.2. The average Bonchev–Trinajstić information content (AvgIpc) is 3.17. The number of hydrogen-bond acceptors (Lipinski definition) is 5. The lowest BCUT2D eigenvalue weighted by molar-refractivity contribution is -0.125. The summed E-state index contributed by atoms with van der Waals surface area (Å²) in [6.07, 6.45) is 7.40. The van der Waals surface area contributed by atoms with E-state index in [1.54, 1.807) is 34.6 Å². The molecule has 0 unspecified atom stereocenters. The van der Waals surface area contributed by atoms with Crippen molar-refractivity contribution in [2.45, 2.75) is 12.5 Å². The zero-order chi connectivity index (χ0) is 14.5. The molecule has 0 spiro atoms. The molecule has 0 aromatic carbocycles. The van der Waals surface area contributed by atoms with Crippen molar-refractivity contribution in [1.82, 2.24) is 14.9 Å². The summed E-state index contributed by atoms with van der Waals surface area (Å²) >= 11 is 1.61. The molecule has 2 aromatic heterocycles. The van der Waals surface area contributed by atoms with Crippen LogP contribution in [0.4, 0.5) is 0 Å². The molecular formula is C15H15N3O2S. The van der Waals surface area contributed by atoms with Gasteiger partial charge in [-0.15, -0.1) is 11.3 Å². The second kappa shape index (κ2) is 6.49. The fourth-order valence-corrected chi connectivity index (χ4v) is 2.81. The molecule has 3 heterocycles. The Morgan fingerprint density at radius 2 is 2.43 bits per heavy atom. The fraction of sp³-hybridized carbons (Fsp3) is 0.267. The molecule has 1 fully saturated rings. The molecule has 0 bridgehead atoms. The van der Waals surface area contributed by atoms with Crippen LogP contribution >= 0.6 is 11.3 Å². The van der Waals surface area contributed by atoms with Gasteiger partial charge in [-0.2, -0.15) is 0 Å². The zero-order valence-electron chi connectivity index (χ0n) is 11.4. The van der Waals surface area contributed by atoms with Crippen LogP contribution in [0.15, 0.2) is 42.2 Å². The molecule has 3 rings (SSSR count). The highest BCUT2D eigenvalue weighted by molar-refractivity contribution is 7.10. The maximum absolute atomic E-state index is 12.1. The Morgan fingerprint density at radius 3 is 3.19 bits per heavy atom. The molecule has 1 aliphatic heterocycles. The Morgan fingerprint density at radius 1 is 1.48 bits per heavy atom. The normalized spacial score (nSPS) is 18.3. The number of carbonyl (C=O) groups excluding carboxylic acids is 1. The SMILES string of the molecule is O=C(/C=C/c1cccs1)N1CC[C@@H](Oc2ccncn2)C1. The summed E-state index contributed by atoms with van der Waals surface area (Å²) in [6, 6.07) is 5.68. The maximum atomic E-state index is 12.1. The van der Waals surface area contributed by atoms with E-state index in [1.165, 1.54) is 6.33 Å². The second-order valence-electron chi connectivity index (χ2n) is 4.71. The van der Waals surface area contributed by atoms with Crippen molar-refractivity contribution < 1.29 is 9.53 Å². The molecule has 1 aliphatic rings. The van der Waals surface area contributed by atoms with Crippen LogP contribution in [0.5, 0.6) is 5.88 Å². The van der Waals surface area contributed by atoms with Crippen LogP contribution in [0.25, 0.3) is 6.08 Å². The van der Waals surface area contributed by atoms with Gasteiger partial charge in [0.1, 0.15) is 12.4 Å². The van der Waals surface area contributed by atoms with Crippen molar-refractivity contribution in [3.8, 4) is 5.88 Å². The van der Waals surface area contributed by atoms with Gasteiger partial charge < -0.3 is 9.64 Å². The van der Waals surface area contributed by atoms with Gasteiger partial charge >= 0.3 is 0 Å². The molecule has 2 aromatic rings. The standard InChI is InChI=1S/C15H15N3O2S/c19-15(4-3-13-2-1-9-21-13)18-8-6-12(10-18)20-14-5-7-16-11-17-14/h1-5,7,9,11-12H,6,8,10H2/b4-3+/t12-/m1/s1. The fourth-order valence-electron chi connectivity index (χ4n) is 2.19. The predicted octanol–water partition coefficient (Wildman–Crippen LogP) is 2.23. The van der Waals surface area contributed by atoms with Gasteiger partial charge in [-0.25, -0.2) is 9.97 Å². The summed E-state index contributed by atoms with van der Waals surface area (Å²) < 4.78 is 5.74. The van der Waals surface area contributed by atoms with Gasteiger partial charge in [-0.3, -0.25) is 4.79 Å². The molecule has 0 aliphatic carbocycles. The van der Waals surface area contributed by atoms with E-state index in [0.29, 0.717) is 19.0 Å². The number of thiophene rings is 1. The summed E-state index contributed by atoms with van der Waals surface area (Å²) in [5.41, 5.74) is 0. The number of likely N-dealkylation sites (tertiary alicyclic amines) is 1. The van der Waals surface area contributed by atoms with E-state index in [0.717, 1.165) is 11.3 Å². The third kappa shape index (κ3) is 3.66. The largest absolute Gasteiger partial charge is 0.472 e. The van der Waals surface area contributed by atoms with Gasteiger partial charge in [0.15, 0.2) is 0 Å². The van der Waals surface area contributed by atoms with Gasteiger partial charge in [-0.05, 0) is 17.5 Å². The molecule has 1 atom stereocenters. The molecule has 6 heteroatoms. The highest BCUT2D eigenvalue weighted by Gasteiger charge is 2.26. The number of ether oxygens (including phenoxy) is 1. The van der Waals surface area contributed by atoms with Gasteiger partial charge in [0.25, 0.3) is 0 Å².